The van der Waals surface area contributed by atoms with Crippen LogP contribution in [0.3, 0.4) is 0 Å². The van der Waals surface area contributed by atoms with Crippen LogP contribution in [-0.2, 0) is 19.3 Å². The summed E-state index contributed by atoms with van der Waals surface area (Å²) in [6.45, 7) is 0.723. The molecule has 1 aromatic heterocycles. The molecule has 1 aromatic carbocycles. The van der Waals surface area contributed by atoms with Crippen molar-refractivity contribution in [3.8, 4) is 17.0 Å². The zero-order chi connectivity index (χ0) is 12.8. The molecule has 96 valence electrons. The smallest absolute Gasteiger partial charge is 0.219 e. The van der Waals surface area contributed by atoms with Crippen LogP contribution in [0.2, 0.25) is 0 Å². The summed E-state index contributed by atoms with van der Waals surface area (Å²) in [6.07, 6.45) is 4.20. The van der Waals surface area contributed by atoms with Crippen molar-refractivity contribution in [3.63, 3.8) is 0 Å². The second kappa shape index (κ2) is 3.98. The van der Waals surface area contributed by atoms with Gasteiger partial charge < -0.3 is 10.5 Å². The Balaban J connectivity index is 2.08. The van der Waals surface area contributed by atoms with Crippen molar-refractivity contribution in [3.05, 3.63) is 41.0 Å². The Labute approximate surface area is 112 Å². The molecular weight excluding hydrogens is 236 g/mol. The Kier molecular flexibility index (Phi) is 2.28. The first-order valence-electron chi connectivity index (χ1n) is 6.87. The summed E-state index contributed by atoms with van der Waals surface area (Å²) >= 11 is 0. The number of hydrogen-bond donors (Lipinski definition) is 1. The van der Waals surface area contributed by atoms with E-state index in [2.05, 4.69) is 29.2 Å². The van der Waals surface area contributed by atoms with Crippen LogP contribution in [0.5, 0.6) is 5.88 Å². The van der Waals surface area contributed by atoms with Crippen molar-refractivity contribution in [2.75, 3.05) is 12.3 Å². The van der Waals surface area contributed by atoms with Gasteiger partial charge in [0.15, 0.2) is 0 Å². The number of rotatable bonds is 0. The zero-order valence-electron chi connectivity index (χ0n) is 10.8. The quantitative estimate of drug-likeness (QED) is 0.784. The number of hydrogen-bond acceptors (Lipinski definition) is 3. The molecule has 2 heterocycles. The number of nitrogens with zero attached hydrogens (tertiary/aromatic N) is 1. The van der Waals surface area contributed by atoms with E-state index in [1.54, 1.807) is 0 Å². The number of ether oxygens (including phenoxy) is 1. The van der Waals surface area contributed by atoms with Crippen molar-refractivity contribution in [1.82, 2.24) is 4.98 Å². The molecule has 0 saturated heterocycles. The summed E-state index contributed by atoms with van der Waals surface area (Å²) in [7, 11) is 0. The summed E-state index contributed by atoms with van der Waals surface area (Å²) in [5.41, 5.74) is 12.7. The van der Waals surface area contributed by atoms with Crippen LogP contribution in [0.1, 0.15) is 23.1 Å². The molecule has 2 aromatic rings. The number of nitrogen functional groups attached to an aromatic ring is 1. The molecule has 0 spiro atoms. The Hall–Kier alpha value is -2.03. The van der Waals surface area contributed by atoms with Crippen LogP contribution in [0.25, 0.3) is 11.1 Å². The molecule has 1 aliphatic heterocycles. The first-order chi connectivity index (χ1) is 9.34. The minimum absolute atomic E-state index is 0.646. The highest BCUT2D eigenvalue weighted by Gasteiger charge is 2.26. The summed E-state index contributed by atoms with van der Waals surface area (Å²) in [4.78, 5) is 4.44. The third-order valence-corrected chi connectivity index (χ3v) is 4.14. The molecule has 0 atom stereocenters. The number of pyridine rings is 1. The lowest BCUT2D eigenvalue weighted by Gasteiger charge is -2.14. The second-order valence-electron chi connectivity index (χ2n) is 5.24. The van der Waals surface area contributed by atoms with Gasteiger partial charge in [-0.05, 0) is 36.0 Å². The van der Waals surface area contributed by atoms with E-state index >= 15 is 0 Å². The van der Waals surface area contributed by atoms with Crippen LogP contribution in [0.15, 0.2) is 24.3 Å². The summed E-state index contributed by atoms with van der Waals surface area (Å²) in [5, 5.41) is 0. The molecular formula is C16H16N2O. The predicted octanol–water partition coefficient (Wildman–Crippen LogP) is 2.75. The van der Waals surface area contributed by atoms with Gasteiger partial charge in [0.2, 0.25) is 5.88 Å². The minimum atomic E-state index is 0.646. The van der Waals surface area contributed by atoms with Gasteiger partial charge in [0.05, 0.1) is 6.61 Å². The Morgan fingerprint density at radius 3 is 2.89 bits per heavy atom. The Bertz CT molecular complexity index is 664. The highest BCUT2D eigenvalue weighted by molar-refractivity contribution is 5.80. The molecule has 3 nitrogen and oxygen atoms in total. The van der Waals surface area contributed by atoms with Gasteiger partial charge in [-0.15, -0.1) is 0 Å². The normalized spacial score (nSPS) is 16.0. The third-order valence-electron chi connectivity index (χ3n) is 4.14. The zero-order valence-corrected chi connectivity index (χ0v) is 10.8. The first-order valence-corrected chi connectivity index (χ1v) is 6.87. The fourth-order valence-corrected chi connectivity index (χ4v) is 3.28. The van der Waals surface area contributed by atoms with Crippen LogP contribution in [0, 0.1) is 0 Å². The van der Waals surface area contributed by atoms with E-state index in [1.165, 1.54) is 27.8 Å². The van der Waals surface area contributed by atoms with Gasteiger partial charge in [0, 0.05) is 17.5 Å². The van der Waals surface area contributed by atoms with Crippen molar-refractivity contribution in [2.24, 2.45) is 0 Å². The van der Waals surface area contributed by atoms with E-state index in [-0.39, 0.29) is 0 Å². The molecule has 4 rings (SSSR count). The van der Waals surface area contributed by atoms with Crippen molar-refractivity contribution < 1.29 is 4.74 Å². The van der Waals surface area contributed by atoms with Gasteiger partial charge in [0.1, 0.15) is 5.82 Å². The number of aromatic nitrogens is 1. The summed E-state index contributed by atoms with van der Waals surface area (Å²) in [6, 6.07) is 8.65. The highest BCUT2D eigenvalue weighted by Crippen LogP contribution is 2.42. The van der Waals surface area contributed by atoms with Crippen molar-refractivity contribution >= 4 is 5.82 Å². The maximum absolute atomic E-state index is 6.15. The summed E-state index contributed by atoms with van der Waals surface area (Å²) < 4.78 is 5.61. The van der Waals surface area contributed by atoms with Gasteiger partial charge >= 0.3 is 0 Å². The number of fused-ring (bicyclic) bond motifs is 5. The minimum Gasteiger partial charge on any atom is -0.477 e. The number of anilines is 1. The van der Waals surface area contributed by atoms with Crippen LogP contribution in [0.4, 0.5) is 5.82 Å². The monoisotopic (exact) mass is 252 g/mol. The lowest BCUT2D eigenvalue weighted by atomic mass is 9.92. The van der Waals surface area contributed by atoms with Crippen molar-refractivity contribution in [2.45, 2.75) is 25.7 Å². The molecule has 0 amide bonds. The van der Waals surface area contributed by atoms with Crippen LogP contribution >= 0.6 is 0 Å². The molecule has 0 fully saturated rings. The van der Waals surface area contributed by atoms with Crippen LogP contribution in [-0.4, -0.2) is 11.6 Å². The lowest BCUT2D eigenvalue weighted by Crippen LogP contribution is -2.02. The topological polar surface area (TPSA) is 48.1 Å². The molecule has 3 heteroatoms. The van der Waals surface area contributed by atoms with Gasteiger partial charge in [-0.25, -0.2) is 0 Å². The van der Waals surface area contributed by atoms with Gasteiger partial charge in [-0.3, -0.25) is 0 Å². The van der Waals surface area contributed by atoms with Crippen LogP contribution < -0.4 is 10.5 Å². The Morgan fingerprint density at radius 2 is 1.95 bits per heavy atom. The van der Waals surface area contributed by atoms with E-state index < -0.39 is 0 Å². The third kappa shape index (κ3) is 1.54. The van der Waals surface area contributed by atoms with Crippen molar-refractivity contribution in [1.29, 1.82) is 0 Å². The number of benzene rings is 1. The average Bonchev–Trinajstić information content (AvgIpc) is 2.79. The average molecular weight is 252 g/mol. The van der Waals surface area contributed by atoms with E-state index in [0.717, 1.165) is 38.2 Å². The maximum Gasteiger partial charge on any atom is 0.219 e. The molecule has 0 saturated carbocycles. The number of aryl methyl sites for hydroxylation is 1. The maximum atomic E-state index is 6.15. The molecule has 2 N–H and O–H groups in total. The largest absolute Gasteiger partial charge is 0.477 e. The van der Waals surface area contributed by atoms with E-state index in [9.17, 15) is 0 Å². The molecule has 1 aliphatic carbocycles. The highest BCUT2D eigenvalue weighted by atomic mass is 16.5. The molecule has 0 radical (unpaired) electrons. The van der Waals surface area contributed by atoms with Gasteiger partial charge in [-0.2, -0.15) is 4.98 Å². The molecule has 2 aliphatic rings. The van der Waals surface area contributed by atoms with E-state index in [0.29, 0.717) is 5.82 Å². The molecule has 0 bridgehead atoms. The first kappa shape index (κ1) is 10.9. The summed E-state index contributed by atoms with van der Waals surface area (Å²) in [5.74, 6) is 1.39. The molecule has 19 heavy (non-hydrogen) atoms. The fourth-order valence-electron chi connectivity index (χ4n) is 3.28. The lowest BCUT2D eigenvalue weighted by molar-refractivity contribution is 0.345. The van der Waals surface area contributed by atoms with Gasteiger partial charge in [0.25, 0.3) is 0 Å². The molecule has 0 unspecified atom stereocenters. The van der Waals surface area contributed by atoms with E-state index in [1.807, 2.05) is 0 Å². The van der Waals surface area contributed by atoms with Gasteiger partial charge in [-0.1, -0.05) is 24.3 Å². The second-order valence-corrected chi connectivity index (χ2v) is 5.24. The standard InChI is InChI=1S/C16H16N2O/c17-15-12-7-3-5-10-4-1-2-6-11(10)14(12)13-8-9-19-16(13)18-15/h1-2,4,6H,3,5,7-9H2,(H2,17,18). The number of nitrogens with two attached hydrogens (primary N) is 1. The predicted molar refractivity (Wildman–Crippen MR) is 75.3 cm³/mol. The SMILES string of the molecule is Nc1nc2c(c3c1CCCc1ccccc1-3)CCO2. The van der Waals surface area contributed by atoms with E-state index in [4.69, 9.17) is 10.5 Å². The Morgan fingerprint density at radius 1 is 1.05 bits per heavy atom. The fraction of sp³-hybridized carbons (Fsp3) is 0.312.